The van der Waals surface area contributed by atoms with Gasteiger partial charge in [0, 0.05) is 18.0 Å². The molecule has 3 aliphatic rings. The molecule has 0 unspecified atom stereocenters. The highest BCUT2D eigenvalue weighted by molar-refractivity contribution is 7.92. The third kappa shape index (κ3) is 6.35. The molecule has 1 saturated carbocycles. The van der Waals surface area contributed by atoms with Crippen LogP contribution in [0.1, 0.15) is 59.9 Å². The Balaban J connectivity index is 1.28. The maximum Gasteiger partial charge on any atom is 0.410 e. The molecule has 8 nitrogen and oxygen atoms in total. The monoisotopic (exact) mass is 665 g/mol. The van der Waals surface area contributed by atoms with Gasteiger partial charge in [-0.1, -0.05) is 85.6 Å². The number of carbonyl (C=O) groups excluding carboxylic acids is 1. The number of benzene rings is 4. The molecule has 0 spiro atoms. The summed E-state index contributed by atoms with van der Waals surface area (Å²) in [5.74, 6) is 1.09. The van der Waals surface area contributed by atoms with Crippen LogP contribution in [0.4, 0.5) is 21.9 Å². The lowest BCUT2D eigenvalue weighted by Crippen LogP contribution is -2.62. The summed E-state index contributed by atoms with van der Waals surface area (Å²) < 4.78 is 39.7. The third-order valence-corrected chi connectivity index (χ3v) is 11.1. The number of anilines is 3. The first-order valence-corrected chi connectivity index (χ1v) is 18.8. The van der Waals surface area contributed by atoms with Gasteiger partial charge in [-0.15, -0.1) is 0 Å². The van der Waals surface area contributed by atoms with E-state index in [-0.39, 0.29) is 24.2 Å². The second-order valence-corrected chi connectivity index (χ2v) is 15.2. The summed E-state index contributed by atoms with van der Waals surface area (Å²) >= 11 is 0. The van der Waals surface area contributed by atoms with Crippen molar-refractivity contribution < 1.29 is 22.7 Å². The van der Waals surface area contributed by atoms with E-state index < -0.39 is 10.0 Å². The maximum absolute atomic E-state index is 13.7. The summed E-state index contributed by atoms with van der Waals surface area (Å²) in [7, 11) is -3.50. The van der Waals surface area contributed by atoms with Crippen LogP contribution >= 0.6 is 0 Å². The SMILES string of the molecule is Cc1c2c(cc(OCc3ccccc3)c1Nc1ccccc1NS(C)(=O)=O)[C@]13CCCC[C@@H]1[C@H](C2)N(C(=O)OCc1ccccc1)CC3. The molecule has 2 bridgehead atoms. The van der Waals surface area contributed by atoms with E-state index in [2.05, 4.69) is 35.2 Å². The number of para-hydroxylation sites is 2. The molecule has 0 aromatic heterocycles. The van der Waals surface area contributed by atoms with Gasteiger partial charge < -0.3 is 19.7 Å². The van der Waals surface area contributed by atoms with Gasteiger partial charge in [-0.25, -0.2) is 13.2 Å². The van der Waals surface area contributed by atoms with Gasteiger partial charge in [0.05, 0.1) is 23.3 Å². The molecule has 4 aromatic carbocycles. The van der Waals surface area contributed by atoms with Crippen LogP contribution in [-0.2, 0) is 39.8 Å². The van der Waals surface area contributed by atoms with Crippen molar-refractivity contribution in [3.05, 3.63) is 119 Å². The summed E-state index contributed by atoms with van der Waals surface area (Å²) in [5, 5.41) is 3.57. The van der Waals surface area contributed by atoms with Crippen LogP contribution < -0.4 is 14.8 Å². The minimum Gasteiger partial charge on any atom is -0.487 e. The fraction of sp³-hybridized carbons (Fsp3) is 0.359. The number of sulfonamides is 1. The third-order valence-electron chi connectivity index (χ3n) is 10.5. The Morgan fingerprint density at radius 3 is 2.27 bits per heavy atom. The first kappa shape index (κ1) is 32.1. The predicted molar refractivity (Wildman–Crippen MR) is 189 cm³/mol. The van der Waals surface area contributed by atoms with Gasteiger partial charge in [-0.2, -0.15) is 0 Å². The van der Waals surface area contributed by atoms with Gasteiger partial charge in [0.1, 0.15) is 19.0 Å². The molecular weight excluding hydrogens is 623 g/mol. The Bertz CT molecular complexity index is 1900. The topological polar surface area (TPSA) is 97.0 Å². The second kappa shape index (κ2) is 13.2. The number of carbonyl (C=O) groups is 1. The number of nitrogens with zero attached hydrogens (tertiary/aromatic N) is 1. The number of hydrogen-bond acceptors (Lipinski definition) is 6. The average molecular weight is 666 g/mol. The number of amides is 1. The van der Waals surface area contributed by atoms with Crippen molar-refractivity contribution in [2.75, 3.05) is 22.8 Å². The van der Waals surface area contributed by atoms with Crippen LogP contribution in [0.15, 0.2) is 91.0 Å². The first-order valence-electron chi connectivity index (χ1n) is 16.9. The molecule has 4 aromatic rings. The molecular formula is C39H43N3O5S. The molecule has 2 N–H and O–H groups in total. The minimum atomic E-state index is -3.50. The molecule has 9 heteroatoms. The number of nitrogens with one attached hydrogen (secondary N) is 2. The number of rotatable bonds is 9. The Morgan fingerprint density at radius 1 is 0.896 bits per heavy atom. The van der Waals surface area contributed by atoms with Crippen molar-refractivity contribution in [2.24, 2.45) is 5.92 Å². The van der Waals surface area contributed by atoms with Crippen LogP contribution in [0, 0.1) is 12.8 Å². The lowest BCUT2D eigenvalue weighted by molar-refractivity contribution is -0.0138. The summed E-state index contributed by atoms with van der Waals surface area (Å²) in [5.41, 5.74) is 7.52. The van der Waals surface area contributed by atoms with E-state index in [1.165, 1.54) is 11.1 Å². The molecule has 2 fully saturated rings. The highest BCUT2D eigenvalue weighted by Gasteiger charge is 2.55. The Morgan fingerprint density at radius 2 is 1.56 bits per heavy atom. The van der Waals surface area contributed by atoms with Gasteiger partial charge >= 0.3 is 6.09 Å². The van der Waals surface area contributed by atoms with E-state index in [0.29, 0.717) is 30.4 Å². The number of ether oxygens (including phenoxy) is 2. The van der Waals surface area contributed by atoms with Crippen molar-refractivity contribution in [1.29, 1.82) is 0 Å². The zero-order valence-electron chi connectivity index (χ0n) is 27.6. The summed E-state index contributed by atoms with van der Waals surface area (Å²) in [6.45, 7) is 3.44. The first-order chi connectivity index (χ1) is 23.2. The van der Waals surface area contributed by atoms with E-state index in [1.54, 1.807) is 12.1 Å². The van der Waals surface area contributed by atoms with Crippen LogP contribution in [0.3, 0.4) is 0 Å². The molecule has 250 valence electrons. The van der Waals surface area contributed by atoms with Gasteiger partial charge in [-0.3, -0.25) is 4.72 Å². The van der Waals surface area contributed by atoms with E-state index in [9.17, 15) is 13.2 Å². The number of fused-ring (bicyclic) bond motifs is 1. The van der Waals surface area contributed by atoms with E-state index >= 15 is 0 Å². The lowest BCUT2D eigenvalue weighted by Gasteiger charge is -2.59. The van der Waals surface area contributed by atoms with Crippen molar-refractivity contribution in [2.45, 2.75) is 70.1 Å². The fourth-order valence-corrected chi connectivity index (χ4v) is 8.93. The van der Waals surface area contributed by atoms with E-state index in [1.807, 2.05) is 65.6 Å². The van der Waals surface area contributed by atoms with Crippen LogP contribution in [-0.4, -0.2) is 38.3 Å². The van der Waals surface area contributed by atoms with Crippen molar-refractivity contribution >= 4 is 33.2 Å². The predicted octanol–water partition coefficient (Wildman–Crippen LogP) is 8.08. The number of hydrogen-bond donors (Lipinski definition) is 2. The van der Waals surface area contributed by atoms with Crippen molar-refractivity contribution in [3.8, 4) is 5.75 Å². The molecule has 48 heavy (non-hydrogen) atoms. The van der Waals surface area contributed by atoms with Crippen molar-refractivity contribution in [3.63, 3.8) is 0 Å². The smallest absolute Gasteiger partial charge is 0.410 e. The van der Waals surface area contributed by atoms with Gasteiger partial charge in [0.25, 0.3) is 0 Å². The molecule has 1 amide bonds. The standard InChI is InChI=1S/C39H43N3O5S/c1-27-30-23-35-31-17-11-12-20-39(31,21-22-42(35)38(43)47-26-29-15-7-4-8-16-29)32(30)24-36(46-25-28-13-5-3-6-14-28)37(27)40-33-18-9-10-19-34(33)41-48(2,44)45/h3-10,13-16,18-19,24,31,35,40-41H,11-12,17,20-23,25-26H2,1-2H3/t31-,35+,39+/m1/s1. The summed E-state index contributed by atoms with van der Waals surface area (Å²) in [6.07, 6.45) is 6.99. The quantitative estimate of drug-likeness (QED) is 0.188. The largest absolute Gasteiger partial charge is 0.487 e. The van der Waals surface area contributed by atoms with Gasteiger partial charge in [0.2, 0.25) is 10.0 Å². The molecule has 1 saturated heterocycles. The van der Waals surface area contributed by atoms with E-state index in [4.69, 9.17) is 9.47 Å². The highest BCUT2D eigenvalue weighted by Crippen LogP contribution is 2.58. The van der Waals surface area contributed by atoms with Crippen LogP contribution in [0.2, 0.25) is 0 Å². The zero-order chi connectivity index (χ0) is 33.3. The molecule has 1 heterocycles. The molecule has 0 radical (unpaired) electrons. The molecule has 3 atom stereocenters. The van der Waals surface area contributed by atoms with Crippen molar-refractivity contribution in [1.82, 2.24) is 4.90 Å². The maximum atomic E-state index is 13.7. The van der Waals surface area contributed by atoms with Crippen LogP contribution in [0.25, 0.3) is 0 Å². The minimum absolute atomic E-state index is 0.0386. The Kier molecular flexibility index (Phi) is 8.81. The Hall–Kier alpha value is -4.50. The van der Waals surface area contributed by atoms with Gasteiger partial charge in [0.15, 0.2) is 0 Å². The zero-order valence-corrected chi connectivity index (χ0v) is 28.4. The van der Waals surface area contributed by atoms with E-state index in [0.717, 1.165) is 72.9 Å². The second-order valence-electron chi connectivity index (χ2n) is 13.5. The van der Waals surface area contributed by atoms with Crippen LogP contribution in [0.5, 0.6) is 5.75 Å². The number of likely N-dealkylation sites (tertiary alicyclic amines) is 1. The lowest BCUT2D eigenvalue weighted by atomic mass is 9.52. The Labute approximate surface area is 283 Å². The van der Waals surface area contributed by atoms with Gasteiger partial charge in [-0.05, 0) is 84.5 Å². The summed E-state index contributed by atoms with van der Waals surface area (Å²) in [4.78, 5) is 15.7. The molecule has 7 rings (SSSR count). The summed E-state index contributed by atoms with van der Waals surface area (Å²) in [6, 6.07) is 29.5. The number of piperidine rings is 1. The molecule has 1 aliphatic heterocycles. The highest BCUT2D eigenvalue weighted by atomic mass is 32.2. The fourth-order valence-electron chi connectivity index (χ4n) is 8.36. The normalized spacial score (nSPS) is 21.4. The average Bonchev–Trinajstić information content (AvgIpc) is 3.09. The molecule has 2 aliphatic carbocycles.